The van der Waals surface area contributed by atoms with Gasteiger partial charge in [-0.3, -0.25) is 14.9 Å². The number of carbonyl (C=O) groups excluding carboxylic acids is 2. The molecule has 138 valence electrons. The predicted molar refractivity (Wildman–Crippen MR) is 110 cm³/mol. The van der Waals surface area contributed by atoms with Gasteiger partial charge in [-0.15, -0.1) is 11.3 Å². The molecule has 0 aliphatic rings. The SMILES string of the molecule is CCC(=O)c1ccc(OCC(=O)Nc2nc(-c3ccc(Br)cc3)cs2)cc1. The van der Waals surface area contributed by atoms with E-state index in [0.717, 1.165) is 15.7 Å². The third-order valence-corrected chi connectivity index (χ3v) is 5.04. The Balaban J connectivity index is 1.54. The monoisotopic (exact) mass is 444 g/mol. The lowest BCUT2D eigenvalue weighted by Gasteiger charge is -2.06. The number of benzene rings is 2. The van der Waals surface area contributed by atoms with Crippen LogP contribution in [0.2, 0.25) is 0 Å². The van der Waals surface area contributed by atoms with Gasteiger partial charge in [-0.05, 0) is 36.4 Å². The van der Waals surface area contributed by atoms with Crippen LogP contribution in [0, 0.1) is 0 Å². The number of nitrogens with one attached hydrogen (secondary N) is 1. The van der Waals surface area contributed by atoms with E-state index >= 15 is 0 Å². The van der Waals surface area contributed by atoms with Crippen molar-refractivity contribution in [2.75, 3.05) is 11.9 Å². The van der Waals surface area contributed by atoms with Crippen LogP contribution in [-0.4, -0.2) is 23.3 Å². The lowest BCUT2D eigenvalue weighted by molar-refractivity contribution is -0.118. The minimum absolute atomic E-state index is 0.0737. The number of amides is 1. The van der Waals surface area contributed by atoms with Gasteiger partial charge in [-0.25, -0.2) is 4.98 Å². The molecular formula is C20H17BrN2O3S. The van der Waals surface area contributed by atoms with Crippen molar-refractivity contribution in [1.29, 1.82) is 0 Å². The minimum atomic E-state index is -0.291. The summed E-state index contributed by atoms with van der Waals surface area (Å²) < 4.78 is 6.46. The van der Waals surface area contributed by atoms with E-state index in [1.165, 1.54) is 11.3 Å². The number of rotatable bonds is 7. The summed E-state index contributed by atoms with van der Waals surface area (Å²) in [6.07, 6.45) is 0.457. The second-order valence-electron chi connectivity index (χ2n) is 5.68. The molecule has 27 heavy (non-hydrogen) atoms. The van der Waals surface area contributed by atoms with Crippen LogP contribution in [0.1, 0.15) is 23.7 Å². The summed E-state index contributed by atoms with van der Waals surface area (Å²) in [4.78, 5) is 28.1. The van der Waals surface area contributed by atoms with E-state index in [1.807, 2.05) is 36.6 Å². The first-order chi connectivity index (χ1) is 13.0. The molecule has 0 radical (unpaired) electrons. The van der Waals surface area contributed by atoms with Crippen LogP contribution in [0.3, 0.4) is 0 Å². The summed E-state index contributed by atoms with van der Waals surface area (Å²) in [5, 5.41) is 5.14. The number of aromatic nitrogens is 1. The number of carbonyl (C=O) groups is 2. The zero-order valence-corrected chi connectivity index (χ0v) is 17.0. The number of Topliss-reactive ketones (excluding diaryl/α,β-unsaturated/α-hetero) is 1. The number of anilines is 1. The molecule has 1 aromatic heterocycles. The van der Waals surface area contributed by atoms with Gasteiger partial charge in [0.15, 0.2) is 17.5 Å². The number of halogens is 1. The van der Waals surface area contributed by atoms with E-state index in [2.05, 4.69) is 26.2 Å². The molecule has 3 aromatic rings. The minimum Gasteiger partial charge on any atom is -0.484 e. The Hall–Kier alpha value is -2.51. The number of hydrogen-bond acceptors (Lipinski definition) is 5. The maximum atomic E-state index is 12.1. The van der Waals surface area contributed by atoms with Gasteiger partial charge in [0.2, 0.25) is 0 Å². The lowest BCUT2D eigenvalue weighted by Crippen LogP contribution is -2.20. The molecule has 0 saturated heterocycles. The number of thiazole rings is 1. The molecule has 1 amide bonds. The van der Waals surface area contributed by atoms with Crippen LogP contribution < -0.4 is 10.1 Å². The van der Waals surface area contributed by atoms with E-state index < -0.39 is 0 Å². The summed E-state index contributed by atoms with van der Waals surface area (Å²) in [6.45, 7) is 1.69. The summed E-state index contributed by atoms with van der Waals surface area (Å²) in [5.74, 6) is 0.317. The van der Waals surface area contributed by atoms with Gasteiger partial charge in [0.1, 0.15) is 5.75 Å². The second-order valence-corrected chi connectivity index (χ2v) is 7.46. The molecule has 0 atom stereocenters. The van der Waals surface area contributed by atoms with Crippen molar-refractivity contribution in [2.24, 2.45) is 0 Å². The summed E-state index contributed by atoms with van der Waals surface area (Å²) in [7, 11) is 0. The van der Waals surface area contributed by atoms with Crippen LogP contribution in [-0.2, 0) is 4.79 Å². The fraction of sp³-hybridized carbons (Fsp3) is 0.150. The van der Waals surface area contributed by atoms with Gasteiger partial charge in [0, 0.05) is 27.4 Å². The Morgan fingerprint density at radius 3 is 2.48 bits per heavy atom. The first-order valence-corrected chi connectivity index (χ1v) is 10.00. The molecule has 7 heteroatoms. The lowest BCUT2D eigenvalue weighted by atomic mass is 10.1. The maximum Gasteiger partial charge on any atom is 0.264 e. The molecule has 1 heterocycles. The maximum absolute atomic E-state index is 12.1. The Morgan fingerprint density at radius 2 is 1.81 bits per heavy atom. The molecule has 0 saturated carbocycles. The van der Waals surface area contributed by atoms with Crippen molar-refractivity contribution in [2.45, 2.75) is 13.3 Å². The van der Waals surface area contributed by atoms with E-state index in [4.69, 9.17) is 4.74 Å². The van der Waals surface area contributed by atoms with Crippen LogP contribution in [0.15, 0.2) is 58.4 Å². The molecule has 0 spiro atoms. The van der Waals surface area contributed by atoms with Crippen molar-refractivity contribution in [3.63, 3.8) is 0 Å². The molecule has 1 N–H and O–H groups in total. The molecule has 0 unspecified atom stereocenters. The molecule has 3 rings (SSSR count). The second kappa shape index (κ2) is 8.92. The molecule has 5 nitrogen and oxygen atoms in total. The average Bonchev–Trinajstić information content (AvgIpc) is 3.15. The first-order valence-electron chi connectivity index (χ1n) is 8.32. The van der Waals surface area contributed by atoms with E-state index in [0.29, 0.717) is 22.9 Å². The Bertz CT molecular complexity index is 937. The number of nitrogens with zero attached hydrogens (tertiary/aromatic N) is 1. The number of hydrogen-bond donors (Lipinski definition) is 1. The van der Waals surface area contributed by atoms with Crippen LogP contribution in [0.4, 0.5) is 5.13 Å². The largest absolute Gasteiger partial charge is 0.484 e. The highest BCUT2D eigenvalue weighted by Gasteiger charge is 2.09. The number of ketones is 1. The molecular weight excluding hydrogens is 428 g/mol. The summed E-state index contributed by atoms with van der Waals surface area (Å²) in [6, 6.07) is 14.6. The number of ether oxygens (including phenoxy) is 1. The first kappa shape index (κ1) is 19.3. The van der Waals surface area contributed by atoms with Crippen LogP contribution in [0.5, 0.6) is 5.75 Å². The highest BCUT2D eigenvalue weighted by atomic mass is 79.9. The van der Waals surface area contributed by atoms with Crippen molar-refractivity contribution >= 4 is 44.1 Å². The van der Waals surface area contributed by atoms with E-state index in [9.17, 15) is 9.59 Å². The standard InChI is InChI=1S/C20H17BrN2O3S/c1-2-18(24)14-5-9-16(10-6-14)26-11-19(25)23-20-22-17(12-27-20)13-3-7-15(21)8-4-13/h3-10,12H,2,11H2,1H3,(H,22,23,25). The molecule has 0 aliphatic carbocycles. The normalized spacial score (nSPS) is 10.4. The van der Waals surface area contributed by atoms with Gasteiger partial charge < -0.3 is 4.74 Å². The highest BCUT2D eigenvalue weighted by molar-refractivity contribution is 9.10. The fourth-order valence-corrected chi connectivity index (χ4v) is 3.33. The van der Waals surface area contributed by atoms with Gasteiger partial charge in [0.05, 0.1) is 5.69 Å². The summed E-state index contributed by atoms with van der Waals surface area (Å²) >= 11 is 4.76. The van der Waals surface area contributed by atoms with Gasteiger partial charge in [-0.2, -0.15) is 0 Å². The van der Waals surface area contributed by atoms with Gasteiger partial charge in [0.25, 0.3) is 5.91 Å². The summed E-state index contributed by atoms with van der Waals surface area (Å²) in [5.41, 5.74) is 2.42. The third kappa shape index (κ3) is 5.24. The van der Waals surface area contributed by atoms with Gasteiger partial charge >= 0.3 is 0 Å². The predicted octanol–water partition coefficient (Wildman–Crippen LogP) is 5.18. The van der Waals surface area contributed by atoms with Crippen LogP contribution >= 0.6 is 27.3 Å². The third-order valence-electron chi connectivity index (χ3n) is 3.76. The fourth-order valence-electron chi connectivity index (χ4n) is 2.33. The smallest absolute Gasteiger partial charge is 0.264 e. The Labute approximate surface area is 169 Å². The van der Waals surface area contributed by atoms with Crippen molar-refractivity contribution < 1.29 is 14.3 Å². The van der Waals surface area contributed by atoms with Gasteiger partial charge in [-0.1, -0.05) is 35.0 Å². The highest BCUT2D eigenvalue weighted by Crippen LogP contribution is 2.26. The molecule has 0 fully saturated rings. The quantitative estimate of drug-likeness (QED) is 0.509. The topological polar surface area (TPSA) is 68.3 Å². The molecule has 2 aromatic carbocycles. The van der Waals surface area contributed by atoms with E-state index in [-0.39, 0.29) is 18.3 Å². The zero-order chi connectivity index (χ0) is 19.2. The Morgan fingerprint density at radius 1 is 1.11 bits per heavy atom. The van der Waals surface area contributed by atoms with E-state index in [1.54, 1.807) is 24.3 Å². The molecule has 0 bridgehead atoms. The average molecular weight is 445 g/mol. The van der Waals surface area contributed by atoms with Crippen molar-refractivity contribution in [1.82, 2.24) is 4.98 Å². The molecule has 0 aliphatic heterocycles. The van der Waals surface area contributed by atoms with Crippen molar-refractivity contribution in [3.05, 3.63) is 63.9 Å². The van der Waals surface area contributed by atoms with Crippen LogP contribution in [0.25, 0.3) is 11.3 Å². The zero-order valence-electron chi connectivity index (χ0n) is 14.6. The van der Waals surface area contributed by atoms with Crippen molar-refractivity contribution in [3.8, 4) is 17.0 Å². The Kier molecular flexibility index (Phi) is 6.36.